The quantitative estimate of drug-likeness (QED) is 0.631. The van der Waals surface area contributed by atoms with Gasteiger partial charge in [0.05, 0.1) is 4.92 Å². The average Bonchev–Trinajstić information content (AvgIpc) is 2.33. The zero-order chi connectivity index (χ0) is 14.2. The fraction of sp³-hybridized carbons (Fsp3) is 0.417. The van der Waals surface area contributed by atoms with Crippen LogP contribution in [0.5, 0.6) is 0 Å². The van der Waals surface area contributed by atoms with E-state index in [1.807, 2.05) is 4.90 Å². The van der Waals surface area contributed by atoms with Gasteiger partial charge in [-0.1, -0.05) is 0 Å². The van der Waals surface area contributed by atoms with Crippen LogP contribution in [0.1, 0.15) is 10.4 Å². The molecule has 0 radical (unpaired) electrons. The first-order valence-corrected chi connectivity index (χ1v) is 5.90. The number of nitro groups is 1. The molecule has 0 aromatic heterocycles. The molecule has 2 rings (SSSR count). The zero-order valence-electron chi connectivity index (χ0n) is 10.9. The predicted octanol–water partition coefficient (Wildman–Crippen LogP) is 0.444. The number of rotatable bonds is 3. The largest absolute Gasteiger partial charge is 0.363 e. The van der Waals surface area contributed by atoms with Crippen molar-refractivity contribution in [3.8, 4) is 0 Å². The first-order valence-electron chi connectivity index (χ1n) is 5.90. The molecule has 0 saturated carbocycles. The molecule has 102 valence electrons. The van der Waals surface area contributed by atoms with Crippen molar-refractivity contribution in [3.05, 3.63) is 33.9 Å². The summed E-state index contributed by atoms with van der Waals surface area (Å²) in [6.07, 6.45) is 0. The van der Waals surface area contributed by atoms with E-state index in [0.29, 0.717) is 24.3 Å². The molecule has 0 spiro atoms. The molecule has 19 heavy (non-hydrogen) atoms. The number of hydrogen-bond acceptors (Lipinski definition) is 5. The highest BCUT2D eigenvalue weighted by Crippen LogP contribution is 2.32. The fourth-order valence-electron chi connectivity index (χ4n) is 2.04. The number of nitro benzene ring substituents is 1. The number of carbonyl (C=O) groups is 1. The molecule has 0 atom stereocenters. The van der Waals surface area contributed by atoms with Gasteiger partial charge >= 0.3 is 0 Å². The number of benzene rings is 1. The van der Waals surface area contributed by atoms with Crippen LogP contribution in [-0.4, -0.2) is 49.0 Å². The summed E-state index contributed by atoms with van der Waals surface area (Å²) in [5, 5.41) is 11.1. The molecular weight excluding hydrogens is 248 g/mol. The van der Waals surface area contributed by atoms with Crippen LogP contribution in [0.3, 0.4) is 0 Å². The summed E-state index contributed by atoms with van der Waals surface area (Å²) in [4.78, 5) is 25.7. The van der Waals surface area contributed by atoms with Crippen molar-refractivity contribution in [2.45, 2.75) is 6.04 Å². The average molecular weight is 264 g/mol. The number of anilines is 1. The Labute approximate surface area is 110 Å². The predicted molar refractivity (Wildman–Crippen MR) is 71.3 cm³/mol. The van der Waals surface area contributed by atoms with Crippen molar-refractivity contribution in [1.29, 1.82) is 0 Å². The molecule has 7 nitrogen and oxygen atoms in total. The van der Waals surface area contributed by atoms with Gasteiger partial charge in [-0.15, -0.1) is 0 Å². The Morgan fingerprint density at radius 2 is 2.11 bits per heavy atom. The van der Waals surface area contributed by atoms with Crippen molar-refractivity contribution in [3.63, 3.8) is 0 Å². The van der Waals surface area contributed by atoms with E-state index < -0.39 is 4.92 Å². The van der Waals surface area contributed by atoms with E-state index in [1.165, 1.54) is 11.0 Å². The van der Waals surface area contributed by atoms with Gasteiger partial charge in [-0.3, -0.25) is 14.9 Å². The Kier molecular flexibility index (Phi) is 3.39. The second kappa shape index (κ2) is 4.85. The van der Waals surface area contributed by atoms with Gasteiger partial charge in [-0.25, -0.2) is 0 Å². The summed E-state index contributed by atoms with van der Waals surface area (Å²) in [5.41, 5.74) is 6.45. The van der Waals surface area contributed by atoms with E-state index >= 15 is 0 Å². The zero-order valence-corrected chi connectivity index (χ0v) is 10.9. The molecule has 1 aliphatic rings. The van der Waals surface area contributed by atoms with Crippen molar-refractivity contribution in [2.75, 3.05) is 32.1 Å². The summed E-state index contributed by atoms with van der Waals surface area (Å²) in [6, 6.07) is 4.60. The molecule has 1 aromatic rings. The smallest absolute Gasteiger partial charge is 0.293 e. The highest BCUT2D eigenvalue weighted by atomic mass is 16.6. The van der Waals surface area contributed by atoms with Crippen LogP contribution < -0.4 is 10.6 Å². The highest BCUT2D eigenvalue weighted by molar-refractivity contribution is 5.95. The number of carbonyl (C=O) groups excluding carboxylic acids is 1. The van der Waals surface area contributed by atoms with E-state index in [-0.39, 0.29) is 17.6 Å². The number of nitrogens with two attached hydrogens (primary N) is 1. The van der Waals surface area contributed by atoms with Gasteiger partial charge in [0.1, 0.15) is 5.69 Å². The maximum Gasteiger partial charge on any atom is 0.293 e. The topological polar surface area (TPSA) is 92.7 Å². The van der Waals surface area contributed by atoms with E-state index in [1.54, 1.807) is 26.2 Å². The third kappa shape index (κ3) is 2.50. The Bertz CT molecular complexity index is 524. The first kappa shape index (κ1) is 13.3. The molecule has 2 N–H and O–H groups in total. The third-order valence-corrected chi connectivity index (χ3v) is 3.08. The molecule has 1 saturated heterocycles. The third-order valence-electron chi connectivity index (χ3n) is 3.08. The molecule has 1 aromatic carbocycles. The molecular formula is C12H16N4O3. The standard InChI is InChI=1S/C12H16N4O3/c1-14(2)12(17)8-3-4-10(11(5-8)16(18)19)15-6-9(13)7-15/h3-5,9H,6-7,13H2,1-2H3. The summed E-state index contributed by atoms with van der Waals surface area (Å²) in [5.74, 6) is -0.255. The number of amides is 1. The summed E-state index contributed by atoms with van der Waals surface area (Å²) in [6.45, 7) is 1.20. The molecule has 0 aliphatic carbocycles. The maximum absolute atomic E-state index is 11.8. The Morgan fingerprint density at radius 3 is 2.58 bits per heavy atom. The minimum atomic E-state index is -0.467. The lowest BCUT2D eigenvalue weighted by molar-refractivity contribution is -0.384. The van der Waals surface area contributed by atoms with Crippen molar-refractivity contribution in [1.82, 2.24) is 4.90 Å². The van der Waals surface area contributed by atoms with E-state index in [9.17, 15) is 14.9 Å². The molecule has 0 unspecified atom stereocenters. The Hall–Kier alpha value is -2.15. The minimum Gasteiger partial charge on any atom is -0.363 e. The fourth-order valence-corrected chi connectivity index (χ4v) is 2.04. The summed E-state index contributed by atoms with van der Waals surface area (Å²) >= 11 is 0. The van der Waals surface area contributed by atoms with Crippen molar-refractivity contribution >= 4 is 17.3 Å². The van der Waals surface area contributed by atoms with Gasteiger partial charge in [0, 0.05) is 44.9 Å². The SMILES string of the molecule is CN(C)C(=O)c1ccc(N2CC(N)C2)c([N+](=O)[O-])c1. The highest BCUT2D eigenvalue weighted by Gasteiger charge is 2.29. The van der Waals surface area contributed by atoms with Crippen LogP contribution in [0.4, 0.5) is 11.4 Å². The molecule has 1 heterocycles. The van der Waals surface area contributed by atoms with Crippen LogP contribution in [0, 0.1) is 10.1 Å². The lowest BCUT2D eigenvalue weighted by Gasteiger charge is -2.38. The maximum atomic E-state index is 11.8. The minimum absolute atomic E-state index is 0.0559. The molecule has 1 fully saturated rings. The van der Waals surface area contributed by atoms with E-state index in [0.717, 1.165) is 0 Å². The van der Waals surface area contributed by atoms with Gasteiger partial charge in [-0.05, 0) is 12.1 Å². The lowest BCUT2D eigenvalue weighted by atomic mass is 10.1. The normalized spacial score (nSPS) is 15.0. The number of hydrogen-bond donors (Lipinski definition) is 1. The van der Waals surface area contributed by atoms with Crippen LogP contribution in [0.2, 0.25) is 0 Å². The van der Waals surface area contributed by atoms with Gasteiger partial charge < -0.3 is 15.5 Å². The van der Waals surface area contributed by atoms with Crippen LogP contribution in [0.25, 0.3) is 0 Å². The van der Waals surface area contributed by atoms with Gasteiger partial charge in [-0.2, -0.15) is 0 Å². The molecule has 0 bridgehead atoms. The first-order chi connectivity index (χ1) is 8.90. The summed E-state index contributed by atoms with van der Waals surface area (Å²) < 4.78 is 0. The van der Waals surface area contributed by atoms with Crippen molar-refractivity contribution in [2.24, 2.45) is 5.73 Å². The molecule has 1 amide bonds. The van der Waals surface area contributed by atoms with E-state index in [4.69, 9.17) is 5.73 Å². The van der Waals surface area contributed by atoms with Crippen LogP contribution >= 0.6 is 0 Å². The van der Waals surface area contributed by atoms with E-state index in [2.05, 4.69) is 0 Å². The monoisotopic (exact) mass is 264 g/mol. The second-order valence-electron chi connectivity index (χ2n) is 4.83. The van der Waals surface area contributed by atoms with Gasteiger partial charge in [0.15, 0.2) is 0 Å². The lowest BCUT2D eigenvalue weighted by Crippen LogP contribution is -2.56. The van der Waals surface area contributed by atoms with Crippen LogP contribution in [-0.2, 0) is 0 Å². The Morgan fingerprint density at radius 1 is 1.47 bits per heavy atom. The Balaban J connectivity index is 2.36. The van der Waals surface area contributed by atoms with Gasteiger partial charge in [0.2, 0.25) is 0 Å². The van der Waals surface area contributed by atoms with Crippen LogP contribution in [0.15, 0.2) is 18.2 Å². The molecule has 7 heteroatoms. The number of nitrogens with zero attached hydrogens (tertiary/aromatic N) is 3. The van der Waals surface area contributed by atoms with Gasteiger partial charge in [0.25, 0.3) is 11.6 Å². The van der Waals surface area contributed by atoms with Crippen molar-refractivity contribution < 1.29 is 9.72 Å². The molecule has 1 aliphatic heterocycles. The summed E-state index contributed by atoms with van der Waals surface area (Å²) in [7, 11) is 3.22. The second-order valence-corrected chi connectivity index (χ2v) is 4.83.